The molecule has 134 valence electrons. The number of halogens is 1. The van der Waals surface area contributed by atoms with Gasteiger partial charge in [0, 0.05) is 19.2 Å². The van der Waals surface area contributed by atoms with Crippen LogP contribution in [-0.2, 0) is 11.8 Å². The maximum absolute atomic E-state index is 12.5. The fraction of sp³-hybridized carbons (Fsp3) is 0.176. The van der Waals surface area contributed by atoms with Crippen LogP contribution in [0.25, 0.3) is 11.0 Å². The number of hydrogen-bond acceptors (Lipinski definition) is 5. The summed E-state index contributed by atoms with van der Waals surface area (Å²) in [5, 5.41) is 13.9. The van der Waals surface area contributed by atoms with Crippen LogP contribution < -0.4 is 5.32 Å². The standard InChI is InChI=1S/C17H15ClN4O3S/c1-10(26-17-20-14-5-3-4-6-15(14)21(17)2)16(23)19-13-8-7-11(22(24)25)9-12(13)18/h3-10H,1-2H3,(H,19,23)/t10-/m0/s1. The molecule has 0 unspecified atom stereocenters. The number of nitrogens with zero attached hydrogens (tertiary/aromatic N) is 3. The second kappa shape index (κ2) is 7.35. The Kier molecular flexibility index (Phi) is 5.15. The van der Waals surface area contributed by atoms with Crippen LogP contribution in [0.1, 0.15) is 6.92 Å². The minimum absolute atomic E-state index is 0.118. The SMILES string of the molecule is C[C@H](Sc1nc2ccccc2n1C)C(=O)Nc1ccc([N+](=O)[O-])cc1Cl. The summed E-state index contributed by atoms with van der Waals surface area (Å²) in [6.07, 6.45) is 0. The molecule has 26 heavy (non-hydrogen) atoms. The maximum Gasteiger partial charge on any atom is 0.271 e. The Balaban J connectivity index is 1.73. The van der Waals surface area contributed by atoms with E-state index in [4.69, 9.17) is 11.6 Å². The fourth-order valence-electron chi connectivity index (χ4n) is 2.39. The molecule has 0 saturated carbocycles. The molecule has 0 aliphatic heterocycles. The number of anilines is 1. The van der Waals surface area contributed by atoms with E-state index in [1.807, 2.05) is 35.9 Å². The van der Waals surface area contributed by atoms with E-state index in [0.717, 1.165) is 16.2 Å². The third kappa shape index (κ3) is 3.66. The Labute approximate surface area is 158 Å². The number of non-ortho nitro benzene ring substituents is 1. The van der Waals surface area contributed by atoms with Gasteiger partial charge in [-0.2, -0.15) is 0 Å². The number of aromatic nitrogens is 2. The van der Waals surface area contributed by atoms with Crippen molar-refractivity contribution in [3.8, 4) is 0 Å². The molecule has 7 nitrogen and oxygen atoms in total. The lowest BCUT2D eigenvalue weighted by atomic mass is 10.2. The minimum Gasteiger partial charge on any atom is -0.324 e. The molecule has 0 fully saturated rings. The second-order valence-corrected chi connectivity index (χ2v) is 7.33. The summed E-state index contributed by atoms with van der Waals surface area (Å²) < 4.78 is 1.93. The van der Waals surface area contributed by atoms with Crippen molar-refractivity contribution in [3.05, 3.63) is 57.6 Å². The molecule has 9 heteroatoms. The molecule has 1 atom stereocenters. The van der Waals surface area contributed by atoms with Crippen molar-refractivity contribution in [2.45, 2.75) is 17.3 Å². The molecule has 0 saturated heterocycles. The van der Waals surface area contributed by atoms with E-state index >= 15 is 0 Å². The number of fused-ring (bicyclic) bond motifs is 1. The summed E-state index contributed by atoms with van der Waals surface area (Å²) in [5.41, 5.74) is 2.05. The number of aryl methyl sites for hydroxylation is 1. The molecule has 0 spiro atoms. The third-order valence-corrected chi connectivity index (χ3v) is 5.28. The first-order valence-corrected chi connectivity index (χ1v) is 8.95. The number of carbonyl (C=O) groups is 1. The second-order valence-electron chi connectivity index (χ2n) is 5.61. The van der Waals surface area contributed by atoms with Crippen LogP contribution in [-0.4, -0.2) is 25.6 Å². The maximum atomic E-state index is 12.5. The van der Waals surface area contributed by atoms with E-state index in [-0.39, 0.29) is 16.6 Å². The van der Waals surface area contributed by atoms with Crippen LogP contribution in [0.5, 0.6) is 0 Å². The van der Waals surface area contributed by atoms with Crippen LogP contribution in [0.15, 0.2) is 47.6 Å². The highest BCUT2D eigenvalue weighted by molar-refractivity contribution is 8.00. The smallest absolute Gasteiger partial charge is 0.271 e. The Morgan fingerprint density at radius 3 is 2.73 bits per heavy atom. The number of benzene rings is 2. The van der Waals surface area contributed by atoms with Crippen LogP contribution in [0.2, 0.25) is 5.02 Å². The number of thioether (sulfide) groups is 1. The van der Waals surface area contributed by atoms with Gasteiger partial charge >= 0.3 is 0 Å². The lowest BCUT2D eigenvalue weighted by Gasteiger charge is -2.12. The first-order chi connectivity index (χ1) is 12.4. The van der Waals surface area contributed by atoms with Gasteiger partial charge in [0.2, 0.25) is 5.91 Å². The summed E-state index contributed by atoms with van der Waals surface area (Å²) in [6, 6.07) is 11.7. The molecule has 0 aliphatic carbocycles. The quantitative estimate of drug-likeness (QED) is 0.399. The first-order valence-electron chi connectivity index (χ1n) is 7.69. The summed E-state index contributed by atoms with van der Waals surface area (Å²) in [6.45, 7) is 1.76. The zero-order valence-corrected chi connectivity index (χ0v) is 15.5. The van der Waals surface area contributed by atoms with Gasteiger partial charge in [0.1, 0.15) is 0 Å². The van der Waals surface area contributed by atoms with Crippen LogP contribution in [0.3, 0.4) is 0 Å². The molecular weight excluding hydrogens is 376 g/mol. The molecule has 0 radical (unpaired) electrons. The number of amides is 1. The van der Waals surface area contributed by atoms with Gasteiger partial charge in [0.25, 0.3) is 5.69 Å². The van der Waals surface area contributed by atoms with E-state index in [1.54, 1.807) is 6.92 Å². The Bertz CT molecular complexity index is 1000. The van der Waals surface area contributed by atoms with Gasteiger partial charge in [0.15, 0.2) is 5.16 Å². The zero-order valence-electron chi connectivity index (χ0n) is 14.0. The third-order valence-electron chi connectivity index (χ3n) is 3.82. The van der Waals surface area contributed by atoms with Gasteiger partial charge in [-0.3, -0.25) is 14.9 Å². The highest BCUT2D eigenvalue weighted by atomic mass is 35.5. The lowest BCUT2D eigenvalue weighted by Crippen LogP contribution is -2.23. The normalized spacial score (nSPS) is 12.1. The van der Waals surface area contributed by atoms with E-state index < -0.39 is 10.2 Å². The fourth-order valence-corrected chi connectivity index (χ4v) is 3.51. The van der Waals surface area contributed by atoms with Crippen LogP contribution >= 0.6 is 23.4 Å². The van der Waals surface area contributed by atoms with Crippen molar-refractivity contribution < 1.29 is 9.72 Å². The molecule has 3 rings (SSSR count). The van der Waals surface area contributed by atoms with Gasteiger partial charge in [-0.25, -0.2) is 4.98 Å². The van der Waals surface area contributed by atoms with Crippen LogP contribution in [0.4, 0.5) is 11.4 Å². The monoisotopic (exact) mass is 390 g/mol. The van der Waals surface area contributed by atoms with Gasteiger partial charge in [0.05, 0.1) is 31.9 Å². The van der Waals surface area contributed by atoms with E-state index in [0.29, 0.717) is 5.69 Å². The number of para-hydroxylation sites is 2. The summed E-state index contributed by atoms with van der Waals surface area (Å²) in [5.74, 6) is -0.266. The number of rotatable bonds is 5. The topological polar surface area (TPSA) is 90.1 Å². The summed E-state index contributed by atoms with van der Waals surface area (Å²) in [7, 11) is 1.90. The Hall–Kier alpha value is -2.58. The number of nitro groups is 1. The Morgan fingerprint density at radius 1 is 1.35 bits per heavy atom. The van der Waals surface area contributed by atoms with Crippen molar-refractivity contribution in [2.75, 3.05) is 5.32 Å². The molecule has 1 N–H and O–H groups in total. The highest BCUT2D eigenvalue weighted by Gasteiger charge is 2.20. The van der Waals surface area contributed by atoms with Crippen molar-refractivity contribution in [1.82, 2.24) is 9.55 Å². The van der Waals surface area contributed by atoms with Gasteiger partial charge < -0.3 is 9.88 Å². The predicted molar refractivity (Wildman–Crippen MR) is 103 cm³/mol. The van der Waals surface area contributed by atoms with Crippen molar-refractivity contribution in [3.63, 3.8) is 0 Å². The average molecular weight is 391 g/mol. The van der Waals surface area contributed by atoms with Gasteiger partial charge in [-0.1, -0.05) is 35.5 Å². The van der Waals surface area contributed by atoms with Crippen molar-refractivity contribution in [2.24, 2.45) is 7.05 Å². The molecule has 0 aliphatic rings. The lowest BCUT2D eigenvalue weighted by molar-refractivity contribution is -0.384. The molecule has 2 aromatic carbocycles. The predicted octanol–water partition coefficient (Wildman–Crippen LogP) is 4.25. The van der Waals surface area contributed by atoms with Crippen molar-refractivity contribution in [1.29, 1.82) is 0 Å². The summed E-state index contributed by atoms with van der Waals surface area (Å²) >= 11 is 7.34. The molecule has 1 amide bonds. The first kappa shape index (κ1) is 18.2. The number of hydrogen-bond donors (Lipinski definition) is 1. The molecule has 3 aromatic rings. The number of nitro benzene ring substituents is 1. The minimum atomic E-state index is -0.540. The zero-order chi connectivity index (χ0) is 18.8. The van der Waals surface area contributed by atoms with E-state index in [9.17, 15) is 14.9 Å². The van der Waals surface area contributed by atoms with Gasteiger partial charge in [-0.05, 0) is 25.1 Å². The van der Waals surface area contributed by atoms with E-state index in [1.165, 1.54) is 30.0 Å². The molecule has 1 aromatic heterocycles. The molecule has 0 bridgehead atoms. The van der Waals surface area contributed by atoms with E-state index in [2.05, 4.69) is 10.3 Å². The number of carbonyl (C=O) groups excluding carboxylic acids is 1. The van der Waals surface area contributed by atoms with Crippen molar-refractivity contribution >= 4 is 51.7 Å². The largest absolute Gasteiger partial charge is 0.324 e. The van der Waals surface area contributed by atoms with Crippen LogP contribution in [0, 0.1) is 10.1 Å². The Morgan fingerprint density at radius 2 is 2.08 bits per heavy atom. The molecule has 1 heterocycles. The van der Waals surface area contributed by atoms with Gasteiger partial charge in [-0.15, -0.1) is 0 Å². The number of nitrogens with one attached hydrogen (secondary N) is 1. The number of imidazole rings is 1. The summed E-state index contributed by atoms with van der Waals surface area (Å²) in [4.78, 5) is 27.2. The average Bonchev–Trinajstić information content (AvgIpc) is 2.92. The highest BCUT2D eigenvalue weighted by Crippen LogP contribution is 2.29. The molecular formula is C17H15ClN4O3S.